The molecular formula is C11H24N2O3S. The van der Waals surface area contributed by atoms with Gasteiger partial charge in [0.15, 0.2) is 0 Å². The average molecular weight is 264 g/mol. The molecule has 0 aromatic carbocycles. The van der Waals surface area contributed by atoms with Gasteiger partial charge in [0.1, 0.15) is 0 Å². The topological polar surface area (TPSA) is 69.6 Å². The summed E-state index contributed by atoms with van der Waals surface area (Å²) in [6, 6.07) is 0. The van der Waals surface area contributed by atoms with Gasteiger partial charge in [-0.15, -0.1) is 0 Å². The van der Waals surface area contributed by atoms with Gasteiger partial charge in [0.2, 0.25) is 10.0 Å². The van der Waals surface area contributed by atoms with Gasteiger partial charge in [-0.2, -0.15) is 0 Å². The average Bonchev–Trinajstić information content (AvgIpc) is 2.64. The van der Waals surface area contributed by atoms with Crippen molar-refractivity contribution >= 4 is 10.0 Å². The van der Waals surface area contributed by atoms with Gasteiger partial charge in [0, 0.05) is 19.6 Å². The van der Waals surface area contributed by atoms with E-state index in [9.17, 15) is 13.5 Å². The SMILES string of the molecule is CCS(=O)(=O)NCCN(C)CC1CCCC1O. The minimum atomic E-state index is -3.08. The van der Waals surface area contributed by atoms with E-state index >= 15 is 0 Å². The van der Waals surface area contributed by atoms with Crippen molar-refractivity contribution in [1.82, 2.24) is 9.62 Å². The van der Waals surface area contributed by atoms with Crippen molar-refractivity contribution < 1.29 is 13.5 Å². The molecule has 1 rings (SSSR count). The Hall–Kier alpha value is -0.170. The Bertz CT molecular complexity index is 319. The van der Waals surface area contributed by atoms with Crippen LogP contribution in [0.4, 0.5) is 0 Å². The van der Waals surface area contributed by atoms with Crippen LogP contribution in [0.3, 0.4) is 0 Å². The maximum atomic E-state index is 11.2. The first-order valence-corrected chi connectivity index (χ1v) is 7.94. The highest BCUT2D eigenvalue weighted by atomic mass is 32.2. The Balaban J connectivity index is 2.19. The Kier molecular flexibility index (Phi) is 5.85. The lowest BCUT2D eigenvalue weighted by atomic mass is 10.1. The van der Waals surface area contributed by atoms with Crippen LogP contribution in [0.15, 0.2) is 0 Å². The molecule has 0 heterocycles. The van der Waals surface area contributed by atoms with Crippen molar-refractivity contribution in [2.24, 2.45) is 5.92 Å². The van der Waals surface area contributed by atoms with Gasteiger partial charge in [-0.1, -0.05) is 6.42 Å². The first kappa shape index (κ1) is 14.9. The number of hydrogen-bond donors (Lipinski definition) is 2. The second kappa shape index (κ2) is 6.68. The number of nitrogens with zero attached hydrogens (tertiary/aromatic N) is 1. The van der Waals surface area contributed by atoms with Gasteiger partial charge in [0.25, 0.3) is 0 Å². The molecule has 0 bridgehead atoms. The molecule has 2 N–H and O–H groups in total. The Morgan fingerprint density at radius 2 is 2.12 bits per heavy atom. The maximum absolute atomic E-state index is 11.2. The van der Waals surface area contributed by atoms with Crippen molar-refractivity contribution in [2.45, 2.75) is 32.3 Å². The third kappa shape index (κ3) is 5.33. The van der Waals surface area contributed by atoms with Gasteiger partial charge in [-0.3, -0.25) is 0 Å². The third-order valence-corrected chi connectivity index (χ3v) is 4.76. The lowest BCUT2D eigenvalue weighted by Crippen LogP contribution is -2.37. The summed E-state index contributed by atoms with van der Waals surface area (Å²) in [6.45, 7) is 3.59. The van der Waals surface area contributed by atoms with Gasteiger partial charge in [0.05, 0.1) is 11.9 Å². The molecule has 0 saturated heterocycles. The summed E-state index contributed by atoms with van der Waals surface area (Å²) in [5.74, 6) is 0.473. The first-order chi connectivity index (χ1) is 7.94. The summed E-state index contributed by atoms with van der Waals surface area (Å²) in [5.41, 5.74) is 0. The smallest absolute Gasteiger partial charge is 0.211 e. The van der Waals surface area contributed by atoms with Gasteiger partial charge in [-0.05, 0) is 32.7 Å². The molecule has 0 aromatic rings. The highest BCUT2D eigenvalue weighted by Crippen LogP contribution is 2.25. The van der Waals surface area contributed by atoms with E-state index in [2.05, 4.69) is 9.62 Å². The Labute approximate surface area is 104 Å². The van der Waals surface area contributed by atoms with Crippen molar-refractivity contribution in [3.8, 4) is 0 Å². The van der Waals surface area contributed by atoms with E-state index < -0.39 is 10.0 Å². The second-order valence-electron chi connectivity index (χ2n) is 4.82. The fraction of sp³-hybridized carbons (Fsp3) is 1.00. The molecule has 2 unspecified atom stereocenters. The second-order valence-corrected chi connectivity index (χ2v) is 6.91. The number of likely N-dealkylation sites (N-methyl/N-ethyl adjacent to an activating group) is 1. The van der Waals surface area contributed by atoms with E-state index in [-0.39, 0.29) is 11.9 Å². The minimum absolute atomic E-state index is 0.123. The van der Waals surface area contributed by atoms with Crippen LogP contribution < -0.4 is 4.72 Å². The van der Waals surface area contributed by atoms with Crippen LogP contribution in [-0.4, -0.2) is 57.0 Å². The van der Waals surface area contributed by atoms with Crippen LogP contribution in [0.1, 0.15) is 26.2 Å². The van der Waals surface area contributed by atoms with Crippen LogP contribution in [-0.2, 0) is 10.0 Å². The van der Waals surface area contributed by atoms with E-state index in [1.165, 1.54) is 0 Å². The predicted molar refractivity (Wildman–Crippen MR) is 68.3 cm³/mol. The van der Waals surface area contributed by atoms with E-state index in [1.807, 2.05) is 7.05 Å². The molecule has 2 atom stereocenters. The molecule has 1 aliphatic carbocycles. The van der Waals surface area contributed by atoms with Crippen molar-refractivity contribution in [2.75, 3.05) is 32.4 Å². The quantitative estimate of drug-likeness (QED) is 0.680. The van der Waals surface area contributed by atoms with Crippen LogP contribution in [0.25, 0.3) is 0 Å². The predicted octanol–water partition coefficient (Wildman–Crippen LogP) is 0.0185. The summed E-state index contributed by atoms with van der Waals surface area (Å²) >= 11 is 0. The molecule has 0 aliphatic heterocycles. The zero-order valence-corrected chi connectivity index (χ0v) is 11.5. The highest BCUT2D eigenvalue weighted by molar-refractivity contribution is 7.89. The number of aliphatic hydroxyl groups is 1. The number of rotatable bonds is 7. The van der Waals surface area contributed by atoms with Crippen LogP contribution in [0.2, 0.25) is 0 Å². The number of sulfonamides is 1. The number of aliphatic hydroxyl groups excluding tert-OH is 1. The molecule has 0 amide bonds. The van der Waals surface area contributed by atoms with Crippen molar-refractivity contribution in [1.29, 1.82) is 0 Å². The van der Waals surface area contributed by atoms with E-state index in [4.69, 9.17) is 0 Å². The number of hydrogen-bond acceptors (Lipinski definition) is 4. The summed E-state index contributed by atoms with van der Waals surface area (Å²) in [5, 5.41) is 9.69. The summed E-state index contributed by atoms with van der Waals surface area (Å²) in [6.07, 6.45) is 2.90. The minimum Gasteiger partial charge on any atom is -0.393 e. The molecule has 1 aliphatic rings. The molecule has 102 valence electrons. The molecule has 0 aromatic heterocycles. The molecule has 1 saturated carbocycles. The van der Waals surface area contributed by atoms with Crippen molar-refractivity contribution in [3.63, 3.8) is 0 Å². The van der Waals surface area contributed by atoms with Crippen LogP contribution in [0, 0.1) is 5.92 Å². The first-order valence-electron chi connectivity index (χ1n) is 6.28. The normalized spacial score (nSPS) is 25.6. The molecule has 0 radical (unpaired) electrons. The zero-order valence-electron chi connectivity index (χ0n) is 10.7. The van der Waals surface area contributed by atoms with Crippen molar-refractivity contribution in [3.05, 3.63) is 0 Å². The summed E-state index contributed by atoms with van der Waals surface area (Å²) < 4.78 is 25.0. The lowest BCUT2D eigenvalue weighted by Gasteiger charge is -2.23. The van der Waals surface area contributed by atoms with E-state index in [1.54, 1.807) is 6.92 Å². The fourth-order valence-electron chi connectivity index (χ4n) is 2.22. The van der Waals surface area contributed by atoms with E-state index in [0.717, 1.165) is 25.8 Å². The molecule has 6 heteroatoms. The molecule has 17 heavy (non-hydrogen) atoms. The molecule has 0 spiro atoms. The third-order valence-electron chi connectivity index (χ3n) is 3.36. The lowest BCUT2D eigenvalue weighted by molar-refractivity contribution is 0.110. The van der Waals surface area contributed by atoms with Gasteiger partial charge in [-0.25, -0.2) is 13.1 Å². The molecule has 1 fully saturated rings. The summed E-state index contributed by atoms with van der Waals surface area (Å²) in [4.78, 5) is 2.08. The maximum Gasteiger partial charge on any atom is 0.211 e. The number of nitrogens with one attached hydrogen (secondary N) is 1. The Morgan fingerprint density at radius 3 is 2.65 bits per heavy atom. The largest absolute Gasteiger partial charge is 0.393 e. The van der Waals surface area contributed by atoms with Crippen LogP contribution >= 0.6 is 0 Å². The standard InChI is InChI=1S/C11H24N2O3S/c1-3-17(15,16)12-7-8-13(2)9-10-5-4-6-11(10)14/h10-12,14H,3-9H2,1-2H3. The highest BCUT2D eigenvalue weighted by Gasteiger charge is 2.25. The Morgan fingerprint density at radius 1 is 1.41 bits per heavy atom. The molecule has 5 nitrogen and oxygen atoms in total. The zero-order chi connectivity index (χ0) is 12.9. The monoisotopic (exact) mass is 264 g/mol. The van der Waals surface area contributed by atoms with Gasteiger partial charge >= 0.3 is 0 Å². The van der Waals surface area contributed by atoms with Gasteiger partial charge < -0.3 is 10.0 Å². The fourth-order valence-corrected chi connectivity index (χ4v) is 2.82. The van der Waals surface area contributed by atoms with E-state index in [0.29, 0.717) is 19.0 Å². The summed E-state index contributed by atoms with van der Waals surface area (Å²) in [7, 11) is -1.12. The molecular weight excluding hydrogens is 240 g/mol. The van der Waals surface area contributed by atoms with Crippen LogP contribution in [0.5, 0.6) is 0 Å².